The number of aryl methyl sites for hydroxylation is 1. The lowest BCUT2D eigenvalue weighted by atomic mass is 10.1. The van der Waals surface area contributed by atoms with E-state index in [2.05, 4.69) is 36.8 Å². The topological polar surface area (TPSA) is 68.3 Å². The minimum absolute atomic E-state index is 0.0668. The second-order valence-electron chi connectivity index (χ2n) is 7.81. The van der Waals surface area contributed by atoms with Crippen molar-refractivity contribution in [1.29, 1.82) is 0 Å². The van der Waals surface area contributed by atoms with Gasteiger partial charge in [-0.05, 0) is 49.9 Å². The van der Waals surface area contributed by atoms with Crippen LogP contribution in [-0.4, -0.2) is 37.2 Å². The van der Waals surface area contributed by atoms with Crippen LogP contribution >= 0.6 is 11.8 Å². The van der Waals surface area contributed by atoms with Gasteiger partial charge in [0.1, 0.15) is 5.65 Å². The number of benzene rings is 1. The molecule has 4 heterocycles. The molecule has 0 N–H and O–H groups in total. The standard InChI is InChI=1S/C23H24N6OS/c1-17-10-11-20-24-18(14-21(30)28(20)15-17)16-31-23-26-25-22(27-12-6-3-7-13-27)29(23)19-8-4-2-5-9-19/h2,4-5,8-11,14-15H,3,6-7,12-13,16H2,1H3. The van der Waals surface area contributed by atoms with Crippen LogP contribution in [0.3, 0.4) is 0 Å². The van der Waals surface area contributed by atoms with Gasteiger partial charge < -0.3 is 4.90 Å². The Morgan fingerprint density at radius 2 is 1.81 bits per heavy atom. The lowest BCUT2D eigenvalue weighted by molar-refractivity contribution is 0.564. The minimum atomic E-state index is -0.0668. The van der Waals surface area contributed by atoms with Gasteiger partial charge in [-0.25, -0.2) is 4.98 Å². The zero-order chi connectivity index (χ0) is 21.2. The van der Waals surface area contributed by atoms with Gasteiger partial charge in [-0.1, -0.05) is 36.0 Å². The lowest BCUT2D eigenvalue weighted by Crippen LogP contribution is -2.31. The molecule has 4 aromatic rings. The number of pyridine rings is 1. The van der Waals surface area contributed by atoms with Crippen molar-refractivity contribution in [1.82, 2.24) is 24.1 Å². The fourth-order valence-electron chi connectivity index (χ4n) is 3.93. The summed E-state index contributed by atoms with van der Waals surface area (Å²) in [5.74, 6) is 1.43. The van der Waals surface area contributed by atoms with Gasteiger partial charge in [0.15, 0.2) is 5.16 Å². The van der Waals surface area contributed by atoms with E-state index in [4.69, 9.17) is 0 Å². The Kier molecular flexibility index (Phi) is 5.46. The molecule has 1 aliphatic heterocycles. The van der Waals surface area contributed by atoms with Crippen molar-refractivity contribution in [2.75, 3.05) is 18.0 Å². The number of aromatic nitrogens is 5. The number of nitrogens with zero attached hydrogens (tertiary/aromatic N) is 6. The molecule has 0 bridgehead atoms. The second-order valence-corrected chi connectivity index (χ2v) is 8.75. The first-order chi connectivity index (χ1) is 15.2. The first kappa shape index (κ1) is 19.8. The summed E-state index contributed by atoms with van der Waals surface area (Å²) in [5, 5.41) is 9.84. The summed E-state index contributed by atoms with van der Waals surface area (Å²) in [6, 6.07) is 15.7. The van der Waals surface area contributed by atoms with E-state index in [0.29, 0.717) is 11.4 Å². The third-order valence-corrected chi connectivity index (χ3v) is 6.44. The van der Waals surface area contributed by atoms with Crippen molar-refractivity contribution in [3.8, 4) is 5.69 Å². The molecule has 0 aliphatic carbocycles. The van der Waals surface area contributed by atoms with Gasteiger partial charge in [0.2, 0.25) is 5.95 Å². The molecule has 0 atom stereocenters. The highest BCUT2D eigenvalue weighted by atomic mass is 32.2. The Bertz CT molecular complexity index is 1260. The normalized spacial score (nSPS) is 14.3. The quantitative estimate of drug-likeness (QED) is 0.446. The first-order valence-corrected chi connectivity index (χ1v) is 11.6. The SMILES string of the molecule is Cc1ccc2nc(CSc3nnc(N4CCCCC4)n3-c3ccccc3)cc(=O)n2c1. The number of rotatable bonds is 5. The number of hydrogen-bond donors (Lipinski definition) is 0. The monoisotopic (exact) mass is 432 g/mol. The maximum absolute atomic E-state index is 12.5. The van der Waals surface area contributed by atoms with Crippen LogP contribution in [0.5, 0.6) is 0 Å². The van der Waals surface area contributed by atoms with Gasteiger partial charge in [0.25, 0.3) is 5.56 Å². The average Bonchev–Trinajstić information content (AvgIpc) is 3.23. The molecule has 5 rings (SSSR count). The van der Waals surface area contributed by atoms with E-state index < -0.39 is 0 Å². The molecule has 1 fully saturated rings. The smallest absolute Gasteiger partial charge is 0.258 e. The average molecular weight is 433 g/mol. The number of thioether (sulfide) groups is 1. The van der Waals surface area contributed by atoms with E-state index >= 15 is 0 Å². The van der Waals surface area contributed by atoms with E-state index in [-0.39, 0.29) is 5.56 Å². The van der Waals surface area contributed by atoms with E-state index in [9.17, 15) is 4.79 Å². The van der Waals surface area contributed by atoms with Crippen LogP contribution in [0.2, 0.25) is 0 Å². The Morgan fingerprint density at radius 1 is 1.00 bits per heavy atom. The molecule has 3 aromatic heterocycles. The third kappa shape index (κ3) is 4.07. The summed E-state index contributed by atoms with van der Waals surface area (Å²) in [5.41, 5.74) is 3.40. The summed E-state index contributed by atoms with van der Waals surface area (Å²) in [6.07, 6.45) is 5.43. The maximum Gasteiger partial charge on any atom is 0.258 e. The number of piperidine rings is 1. The largest absolute Gasteiger partial charge is 0.341 e. The van der Waals surface area contributed by atoms with Gasteiger partial charge >= 0.3 is 0 Å². The highest BCUT2D eigenvalue weighted by Crippen LogP contribution is 2.29. The molecule has 0 saturated carbocycles. The summed E-state index contributed by atoms with van der Waals surface area (Å²) < 4.78 is 3.71. The van der Waals surface area contributed by atoms with Crippen molar-refractivity contribution >= 4 is 23.4 Å². The Morgan fingerprint density at radius 3 is 2.61 bits per heavy atom. The van der Waals surface area contributed by atoms with Gasteiger partial charge in [-0.3, -0.25) is 13.8 Å². The van der Waals surface area contributed by atoms with Gasteiger partial charge in [0, 0.05) is 31.1 Å². The molecule has 0 spiro atoms. The summed E-state index contributed by atoms with van der Waals surface area (Å²) in [6.45, 7) is 3.96. The Balaban J connectivity index is 1.47. The summed E-state index contributed by atoms with van der Waals surface area (Å²) in [4.78, 5) is 19.5. The fraction of sp³-hybridized carbons (Fsp3) is 0.304. The highest BCUT2D eigenvalue weighted by Gasteiger charge is 2.21. The van der Waals surface area contributed by atoms with Crippen molar-refractivity contribution < 1.29 is 0 Å². The zero-order valence-corrected chi connectivity index (χ0v) is 18.3. The predicted octanol–water partition coefficient (Wildman–Crippen LogP) is 3.87. The van der Waals surface area contributed by atoms with Crippen molar-refractivity contribution in [2.24, 2.45) is 0 Å². The van der Waals surface area contributed by atoms with E-state index in [1.54, 1.807) is 22.2 Å². The molecular formula is C23H24N6OS. The molecule has 8 heteroatoms. The van der Waals surface area contributed by atoms with E-state index in [0.717, 1.165) is 41.1 Å². The second kappa shape index (κ2) is 8.55. The molecular weight excluding hydrogens is 408 g/mol. The molecule has 1 aromatic carbocycles. The molecule has 0 amide bonds. The third-order valence-electron chi connectivity index (χ3n) is 5.48. The van der Waals surface area contributed by atoms with E-state index in [1.807, 2.05) is 43.5 Å². The summed E-state index contributed by atoms with van der Waals surface area (Å²) in [7, 11) is 0. The molecule has 7 nitrogen and oxygen atoms in total. The van der Waals surface area contributed by atoms with Crippen LogP contribution in [-0.2, 0) is 5.75 Å². The number of para-hydroxylation sites is 1. The van der Waals surface area contributed by atoms with Crippen LogP contribution < -0.4 is 10.5 Å². The van der Waals surface area contributed by atoms with Gasteiger partial charge in [0.05, 0.1) is 11.4 Å². The maximum atomic E-state index is 12.5. The highest BCUT2D eigenvalue weighted by molar-refractivity contribution is 7.98. The van der Waals surface area contributed by atoms with Crippen molar-refractivity contribution in [3.05, 3.63) is 76.3 Å². The van der Waals surface area contributed by atoms with Gasteiger partial charge in [-0.2, -0.15) is 0 Å². The van der Waals surface area contributed by atoms with Crippen molar-refractivity contribution in [3.63, 3.8) is 0 Å². The Labute approximate surface area is 184 Å². The van der Waals surface area contributed by atoms with Crippen LogP contribution in [0.15, 0.2) is 64.7 Å². The number of anilines is 1. The van der Waals surface area contributed by atoms with Crippen LogP contribution in [0.25, 0.3) is 11.3 Å². The van der Waals surface area contributed by atoms with Crippen LogP contribution in [0.1, 0.15) is 30.5 Å². The first-order valence-electron chi connectivity index (χ1n) is 10.6. The van der Waals surface area contributed by atoms with Crippen LogP contribution in [0.4, 0.5) is 5.95 Å². The fourth-order valence-corrected chi connectivity index (χ4v) is 4.77. The molecule has 1 aliphatic rings. The molecule has 0 unspecified atom stereocenters. The molecule has 0 radical (unpaired) electrons. The van der Waals surface area contributed by atoms with Gasteiger partial charge in [-0.15, -0.1) is 10.2 Å². The Hall–Kier alpha value is -3.13. The number of hydrogen-bond acceptors (Lipinski definition) is 6. The molecule has 1 saturated heterocycles. The molecule has 31 heavy (non-hydrogen) atoms. The minimum Gasteiger partial charge on any atom is -0.341 e. The van der Waals surface area contributed by atoms with Crippen LogP contribution in [0, 0.1) is 6.92 Å². The van der Waals surface area contributed by atoms with E-state index in [1.165, 1.54) is 19.3 Å². The lowest BCUT2D eigenvalue weighted by Gasteiger charge is -2.27. The number of fused-ring (bicyclic) bond motifs is 1. The predicted molar refractivity (Wildman–Crippen MR) is 123 cm³/mol. The molecule has 158 valence electrons. The zero-order valence-electron chi connectivity index (χ0n) is 17.4. The summed E-state index contributed by atoms with van der Waals surface area (Å²) >= 11 is 1.55. The van der Waals surface area contributed by atoms with Crippen molar-refractivity contribution in [2.45, 2.75) is 37.1 Å².